The van der Waals surface area contributed by atoms with Crippen molar-refractivity contribution in [2.75, 3.05) is 17.2 Å². The van der Waals surface area contributed by atoms with Gasteiger partial charge in [-0.2, -0.15) is 5.10 Å². The van der Waals surface area contributed by atoms with Crippen LogP contribution in [-0.4, -0.2) is 34.0 Å². The second-order valence-corrected chi connectivity index (χ2v) is 8.94. The predicted molar refractivity (Wildman–Crippen MR) is 122 cm³/mol. The highest BCUT2D eigenvalue weighted by Gasteiger charge is 2.21. The van der Waals surface area contributed by atoms with E-state index >= 15 is 0 Å². The summed E-state index contributed by atoms with van der Waals surface area (Å²) in [5, 5.41) is 12.9. The van der Waals surface area contributed by atoms with E-state index in [-0.39, 0.29) is 30.7 Å². The largest absolute Gasteiger partial charge is 0.355 e. The zero-order valence-electron chi connectivity index (χ0n) is 18.8. The Hall–Kier alpha value is -2.87. The lowest BCUT2D eigenvalue weighted by Crippen LogP contribution is -2.36. The molecule has 2 rings (SSSR count). The molecule has 2 aromatic rings. The highest BCUT2D eigenvalue weighted by Crippen LogP contribution is 2.26. The van der Waals surface area contributed by atoms with Crippen LogP contribution >= 0.6 is 11.6 Å². The number of benzene rings is 1. The van der Waals surface area contributed by atoms with E-state index in [1.54, 1.807) is 29.8 Å². The summed E-state index contributed by atoms with van der Waals surface area (Å²) in [4.78, 5) is 36.5. The molecule has 0 aliphatic heterocycles. The predicted octanol–water partition coefficient (Wildman–Crippen LogP) is 3.84. The van der Waals surface area contributed by atoms with Crippen molar-refractivity contribution >= 4 is 40.7 Å². The fourth-order valence-corrected chi connectivity index (χ4v) is 3.09. The van der Waals surface area contributed by atoms with Crippen molar-refractivity contribution in [1.82, 2.24) is 15.1 Å². The molecule has 168 valence electrons. The molecule has 0 aliphatic carbocycles. The first-order chi connectivity index (χ1) is 14.4. The molecule has 1 atom stereocenters. The van der Waals surface area contributed by atoms with Gasteiger partial charge in [-0.3, -0.25) is 19.1 Å². The first-order valence-electron chi connectivity index (χ1n) is 10.1. The normalized spacial score (nSPS) is 12.2. The van der Waals surface area contributed by atoms with Crippen LogP contribution in [0.2, 0.25) is 5.02 Å². The molecule has 0 aliphatic rings. The lowest BCUT2D eigenvalue weighted by atomic mass is 9.96. The van der Waals surface area contributed by atoms with Crippen molar-refractivity contribution in [3.05, 3.63) is 40.7 Å². The molecular weight excluding hydrogens is 418 g/mol. The van der Waals surface area contributed by atoms with Crippen LogP contribution < -0.4 is 16.0 Å². The number of rotatable bonds is 7. The van der Waals surface area contributed by atoms with Crippen LogP contribution in [0.25, 0.3) is 0 Å². The third-order valence-corrected chi connectivity index (χ3v) is 4.93. The number of amides is 3. The van der Waals surface area contributed by atoms with Crippen LogP contribution in [-0.2, 0) is 14.4 Å². The molecule has 0 saturated heterocycles. The minimum absolute atomic E-state index is 0.113. The Morgan fingerprint density at radius 2 is 1.81 bits per heavy atom. The molecular formula is C22H30ClN5O3. The first-order valence-corrected chi connectivity index (χ1v) is 10.5. The van der Waals surface area contributed by atoms with Gasteiger partial charge in [-0.05, 0) is 45.0 Å². The van der Waals surface area contributed by atoms with Crippen molar-refractivity contribution < 1.29 is 14.4 Å². The van der Waals surface area contributed by atoms with Gasteiger partial charge in [0.15, 0.2) is 0 Å². The Morgan fingerprint density at radius 1 is 1.13 bits per heavy atom. The van der Waals surface area contributed by atoms with Gasteiger partial charge in [-0.25, -0.2) is 0 Å². The van der Waals surface area contributed by atoms with Gasteiger partial charge in [0.05, 0.1) is 16.4 Å². The van der Waals surface area contributed by atoms with Crippen molar-refractivity contribution in [3.63, 3.8) is 0 Å². The van der Waals surface area contributed by atoms with E-state index < -0.39 is 11.5 Å². The van der Waals surface area contributed by atoms with Gasteiger partial charge in [0.25, 0.3) is 0 Å². The summed E-state index contributed by atoms with van der Waals surface area (Å²) in [6.07, 6.45) is 0.137. The zero-order chi connectivity index (χ0) is 23.3. The van der Waals surface area contributed by atoms with Crippen molar-refractivity contribution in [3.8, 4) is 0 Å². The van der Waals surface area contributed by atoms with Gasteiger partial charge in [0.1, 0.15) is 6.04 Å². The van der Waals surface area contributed by atoms with E-state index in [1.807, 2.05) is 40.7 Å². The van der Waals surface area contributed by atoms with Gasteiger partial charge < -0.3 is 16.0 Å². The second-order valence-electron chi connectivity index (χ2n) is 8.54. The number of aromatic nitrogens is 2. The third-order valence-electron chi connectivity index (χ3n) is 4.62. The van der Waals surface area contributed by atoms with Crippen molar-refractivity contribution in [1.29, 1.82) is 0 Å². The average molecular weight is 448 g/mol. The Morgan fingerprint density at radius 3 is 2.35 bits per heavy atom. The number of hydrogen-bond acceptors (Lipinski definition) is 4. The van der Waals surface area contributed by atoms with Crippen molar-refractivity contribution in [2.45, 2.75) is 54.0 Å². The van der Waals surface area contributed by atoms with E-state index in [4.69, 9.17) is 11.6 Å². The lowest BCUT2D eigenvalue weighted by molar-refractivity contribution is -0.128. The number of aryl methyl sites for hydroxylation is 2. The number of carbonyl (C=O) groups excluding carboxylic acids is 3. The number of nitrogens with zero attached hydrogens (tertiary/aromatic N) is 2. The molecule has 0 fully saturated rings. The molecule has 8 nitrogen and oxygen atoms in total. The molecule has 0 saturated carbocycles. The monoisotopic (exact) mass is 447 g/mol. The number of carbonyl (C=O) groups is 3. The highest BCUT2D eigenvalue weighted by molar-refractivity contribution is 6.34. The minimum Gasteiger partial charge on any atom is -0.355 e. The van der Waals surface area contributed by atoms with Gasteiger partial charge >= 0.3 is 0 Å². The molecule has 1 heterocycles. The van der Waals surface area contributed by atoms with Crippen LogP contribution in [0.4, 0.5) is 11.4 Å². The van der Waals surface area contributed by atoms with Crippen LogP contribution in [0.15, 0.2) is 24.3 Å². The third kappa shape index (κ3) is 6.82. The van der Waals surface area contributed by atoms with E-state index in [9.17, 15) is 14.4 Å². The molecule has 1 aromatic heterocycles. The summed E-state index contributed by atoms with van der Waals surface area (Å²) in [5.74, 6) is -0.613. The summed E-state index contributed by atoms with van der Waals surface area (Å²) < 4.78 is 1.66. The number of anilines is 2. The maximum absolute atomic E-state index is 12.6. The molecule has 0 unspecified atom stereocenters. The standard InChI is InChI=1S/C22H30ClN5O3/c1-13-11-14(2)28(27-13)15(3)20(30)26-18-8-7-16(12-17(18)23)25-19(29)9-10-24-21(31)22(4,5)6/h7-8,11-12,15H,9-10H2,1-6H3,(H,24,31)(H,25,29)(H,26,30)/t15-/m0/s1. The molecule has 31 heavy (non-hydrogen) atoms. The average Bonchev–Trinajstić information content (AvgIpc) is 3.00. The second kappa shape index (κ2) is 9.96. The first kappa shape index (κ1) is 24.4. The SMILES string of the molecule is Cc1cc(C)n([C@@H](C)C(=O)Nc2ccc(NC(=O)CCNC(=O)C(C)(C)C)cc2Cl)n1. The van der Waals surface area contributed by atoms with Gasteiger partial charge in [0.2, 0.25) is 17.7 Å². The number of nitrogens with one attached hydrogen (secondary N) is 3. The summed E-state index contributed by atoms with van der Waals surface area (Å²) in [7, 11) is 0. The van der Waals surface area contributed by atoms with E-state index in [0.29, 0.717) is 16.4 Å². The minimum atomic E-state index is -0.507. The van der Waals surface area contributed by atoms with Crippen LogP contribution in [0.3, 0.4) is 0 Å². The topological polar surface area (TPSA) is 105 Å². The number of hydrogen-bond donors (Lipinski definition) is 3. The lowest BCUT2D eigenvalue weighted by Gasteiger charge is -2.17. The van der Waals surface area contributed by atoms with E-state index in [2.05, 4.69) is 21.0 Å². The summed E-state index contributed by atoms with van der Waals surface area (Å²) in [5.41, 5.74) is 2.17. The molecule has 1 aromatic carbocycles. The maximum atomic E-state index is 12.6. The zero-order valence-corrected chi connectivity index (χ0v) is 19.6. The highest BCUT2D eigenvalue weighted by atomic mass is 35.5. The summed E-state index contributed by atoms with van der Waals surface area (Å²) in [6.45, 7) is 11.2. The molecule has 0 spiro atoms. The fourth-order valence-electron chi connectivity index (χ4n) is 2.86. The Kier molecular flexibility index (Phi) is 7.84. The quantitative estimate of drug-likeness (QED) is 0.599. The molecule has 3 amide bonds. The summed E-state index contributed by atoms with van der Waals surface area (Å²) >= 11 is 6.29. The molecule has 0 radical (unpaired) electrons. The van der Waals surface area contributed by atoms with Gasteiger partial charge in [0, 0.05) is 29.8 Å². The van der Waals surface area contributed by atoms with Gasteiger partial charge in [-0.15, -0.1) is 0 Å². The van der Waals surface area contributed by atoms with Gasteiger partial charge in [-0.1, -0.05) is 32.4 Å². The maximum Gasteiger partial charge on any atom is 0.248 e. The Labute approximate surface area is 187 Å². The van der Waals surface area contributed by atoms with Crippen LogP contribution in [0.1, 0.15) is 51.5 Å². The Balaban J connectivity index is 1.92. The molecule has 3 N–H and O–H groups in total. The van der Waals surface area contributed by atoms with Crippen molar-refractivity contribution in [2.24, 2.45) is 5.41 Å². The smallest absolute Gasteiger partial charge is 0.248 e. The van der Waals surface area contributed by atoms with E-state index in [1.165, 1.54) is 0 Å². The fraction of sp³-hybridized carbons (Fsp3) is 0.455. The Bertz CT molecular complexity index is 978. The molecule has 9 heteroatoms. The van der Waals surface area contributed by atoms with Crippen LogP contribution in [0, 0.1) is 19.3 Å². The van der Waals surface area contributed by atoms with Crippen LogP contribution in [0.5, 0.6) is 0 Å². The number of halogens is 1. The molecule has 0 bridgehead atoms. The van der Waals surface area contributed by atoms with E-state index in [0.717, 1.165) is 11.4 Å². The summed E-state index contributed by atoms with van der Waals surface area (Å²) in [6, 6.07) is 6.25.